The third kappa shape index (κ3) is 1.23. The molecule has 2 unspecified atom stereocenters. The van der Waals surface area contributed by atoms with E-state index in [1.165, 1.54) is 51.4 Å². The molecule has 92 valence electrons. The van der Waals surface area contributed by atoms with E-state index >= 15 is 0 Å². The molecule has 18 heavy (non-hydrogen) atoms. The van der Waals surface area contributed by atoms with E-state index in [2.05, 4.69) is 24.3 Å². The highest BCUT2D eigenvalue weighted by Gasteiger charge is 2.55. The van der Waals surface area contributed by atoms with Gasteiger partial charge >= 0.3 is 0 Å². The van der Waals surface area contributed by atoms with Gasteiger partial charge in [-0.2, -0.15) is 0 Å². The molecule has 3 aliphatic rings. The van der Waals surface area contributed by atoms with Crippen LogP contribution in [0.25, 0.3) is 0 Å². The van der Waals surface area contributed by atoms with Crippen LogP contribution in [0.3, 0.4) is 0 Å². The Hall–Kier alpha value is -0.715. The van der Waals surface area contributed by atoms with Crippen molar-refractivity contribution in [2.24, 2.45) is 0 Å². The quantitative estimate of drug-likeness (QED) is 0.590. The first-order chi connectivity index (χ1) is 8.77. The van der Waals surface area contributed by atoms with Crippen LogP contribution in [0.15, 0.2) is 24.3 Å². The molecule has 0 aliphatic heterocycles. The maximum atomic E-state index is 6.54. The zero-order valence-electron chi connectivity index (χ0n) is 11.1. The summed E-state index contributed by atoms with van der Waals surface area (Å²) in [5.74, 6) is 0.402. The molecule has 2 atom stereocenters. The first-order valence-corrected chi connectivity index (χ1v) is 7.63. The van der Waals surface area contributed by atoms with Crippen LogP contribution in [0.4, 0.5) is 0 Å². The van der Waals surface area contributed by atoms with Gasteiger partial charge in [-0.15, -0.1) is 0 Å². The molecule has 0 nitrogen and oxygen atoms in total. The van der Waals surface area contributed by atoms with Crippen LogP contribution in [0.5, 0.6) is 0 Å². The lowest BCUT2D eigenvalue weighted by Gasteiger charge is -2.33. The van der Waals surface area contributed by atoms with Crippen LogP contribution in [-0.2, 0) is 10.8 Å². The highest BCUT2D eigenvalue weighted by atomic mass is 14.6. The summed E-state index contributed by atoms with van der Waals surface area (Å²) in [5.41, 5.74) is 4.12. The molecule has 0 saturated heterocycles. The Kier molecular flexibility index (Phi) is 2.26. The Labute approximate surface area is 112 Å². The van der Waals surface area contributed by atoms with Crippen LogP contribution in [0, 0.1) is 0 Å². The standard InChI is InChI=1S/C17H21B/c18-15-8-5-11-17(15)12-16(9-3-4-10-16)13-6-1-2-7-14(13)17/h1-2,6-7,15H,3-5,8-12H2. The SMILES string of the molecule is [B]C1CCCC12CC1(CCCC1)c1ccccc12. The number of rotatable bonds is 0. The van der Waals surface area contributed by atoms with E-state index in [1.54, 1.807) is 11.1 Å². The van der Waals surface area contributed by atoms with E-state index in [0.29, 0.717) is 16.6 Å². The fraction of sp³-hybridized carbons (Fsp3) is 0.647. The molecule has 2 fully saturated rings. The van der Waals surface area contributed by atoms with Gasteiger partial charge in [0.15, 0.2) is 0 Å². The highest BCUT2D eigenvalue weighted by Crippen LogP contribution is 2.64. The van der Waals surface area contributed by atoms with Gasteiger partial charge < -0.3 is 0 Å². The lowest BCUT2D eigenvalue weighted by atomic mass is 9.63. The van der Waals surface area contributed by atoms with Crippen molar-refractivity contribution in [3.05, 3.63) is 35.4 Å². The van der Waals surface area contributed by atoms with Crippen molar-refractivity contribution in [3.63, 3.8) is 0 Å². The summed E-state index contributed by atoms with van der Waals surface area (Å²) >= 11 is 0. The molecule has 2 saturated carbocycles. The Bertz CT molecular complexity index is 472. The normalized spacial score (nSPS) is 36.6. The molecule has 1 aromatic rings. The first kappa shape index (κ1) is 11.1. The summed E-state index contributed by atoms with van der Waals surface area (Å²) in [6, 6.07) is 9.24. The summed E-state index contributed by atoms with van der Waals surface area (Å²) in [5, 5.41) is 0. The lowest BCUT2D eigenvalue weighted by molar-refractivity contribution is 0.324. The third-order valence-electron chi connectivity index (χ3n) is 6.10. The molecular weight excluding hydrogens is 215 g/mol. The average Bonchev–Trinajstić information content (AvgIpc) is 3.06. The van der Waals surface area contributed by atoms with Crippen LogP contribution in [0.1, 0.15) is 62.5 Å². The van der Waals surface area contributed by atoms with E-state index in [0.717, 1.165) is 0 Å². The highest BCUT2D eigenvalue weighted by molar-refractivity contribution is 6.13. The molecule has 1 aromatic carbocycles. The van der Waals surface area contributed by atoms with Gasteiger partial charge in [0, 0.05) is 0 Å². The van der Waals surface area contributed by atoms with Gasteiger partial charge in [0.2, 0.25) is 0 Å². The summed E-state index contributed by atoms with van der Waals surface area (Å²) in [4.78, 5) is 0. The molecule has 0 heterocycles. The minimum atomic E-state index is 0.334. The summed E-state index contributed by atoms with van der Waals surface area (Å²) in [6.45, 7) is 0. The largest absolute Gasteiger partial charge is 0.0711 e. The van der Waals surface area contributed by atoms with Gasteiger partial charge in [0.25, 0.3) is 0 Å². The van der Waals surface area contributed by atoms with Gasteiger partial charge in [0.05, 0.1) is 7.85 Å². The van der Waals surface area contributed by atoms with Crippen molar-refractivity contribution >= 4 is 7.85 Å². The van der Waals surface area contributed by atoms with Crippen LogP contribution in [0.2, 0.25) is 5.82 Å². The van der Waals surface area contributed by atoms with Crippen molar-refractivity contribution in [1.29, 1.82) is 0 Å². The molecular formula is C17H21B. The second-order valence-corrected chi connectivity index (χ2v) is 6.86. The van der Waals surface area contributed by atoms with Gasteiger partial charge in [-0.25, -0.2) is 0 Å². The van der Waals surface area contributed by atoms with Gasteiger partial charge in [-0.05, 0) is 47.6 Å². The second-order valence-electron chi connectivity index (χ2n) is 6.86. The fourth-order valence-electron chi connectivity index (χ4n) is 5.32. The lowest BCUT2D eigenvalue weighted by Crippen LogP contribution is -2.28. The van der Waals surface area contributed by atoms with Gasteiger partial charge in [0.1, 0.15) is 0 Å². The monoisotopic (exact) mass is 236 g/mol. The summed E-state index contributed by atoms with van der Waals surface area (Å²) < 4.78 is 0. The zero-order chi connectivity index (χ0) is 12.2. The molecule has 0 amide bonds. The summed E-state index contributed by atoms with van der Waals surface area (Å²) in [6.07, 6.45) is 10.9. The maximum absolute atomic E-state index is 6.54. The summed E-state index contributed by atoms with van der Waals surface area (Å²) in [7, 11) is 6.54. The zero-order valence-corrected chi connectivity index (χ0v) is 11.1. The fourth-order valence-corrected chi connectivity index (χ4v) is 5.32. The van der Waals surface area contributed by atoms with Crippen LogP contribution >= 0.6 is 0 Å². The second kappa shape index (κ2) is 3.65. The predicted molar refractivity (Wildman–Crippen MR) is 76.2 cm³/mol. The van der Waals surface area contributed by atoms with Crippen molar-refractivity contribution in [3.8, 4) is 0 Å². The average molecular weight is 236 g/mol. The number of hydrogen-bond donors (Lipinski definition) is 0. The van der Waals surface area contributed by atoms with E-state index in [-0.39, 0.29) is 0 Å². The number of benzene rings is 1. The van der Waals surface area contributed by atoms with Gasteiger partial charge in [-0.1, -0.05) is 55.8 Å². The topological polar surface area (TPSA) is 0 Å². The molecule has 0 N–H and O–H groups in total. The van der Waals surface area contributed by atoms with Gasteiger partial charge in [-0.3, -0.25) is 0 Å². The maximum Gasteiger partial charge on any atom is 0.0711 e. The third-order valence-corrected chi connectivity index (χ3v) is 6.10. The van der Waals surface area contributed by atoms with E-state index < -0.39 is 0 Å². The molecule has 2 spiro atoms. The predicted octanol–water partition coefficient (Wildman–Crippen LogP) is 4.28. The minimum Gasteiger partial charge on any atom is -0.0678 e. The number of hydrogen-bond acceptors (Lipinski definition) is 0. The molecule has 0 aromatic heterocycles. The number of fused-ring (bicyclic) bond motifs is 3. The smallest absolute Gasteiger partial charge is 0.0678 e. The Morgan fingerprint density at radius 3 is 2.33 bits per heavy atom. The molecule has 3 aliphatic carbocycles. The van der Waals surface area contributed by atoms with E-state index in [9.17, 15) is 0 Å². The van der Waals surface area contributed by atoms with E-state index in [4.69, 9.17) is 7.85 Å². The molecule has 1 heteroatoms. The molecule has 0 bridgehead atoms. The molecule has 4 rings (SSSR count). The van der Waals surface area contributed by atoms with Crippen molar-refractivity contribution in [1.82, 2.24) is 0 Å². The first-order valence-electron chi connectivity index (χ1n) is 7.63. The Morgan fingerprint density at radius 1 is 0.944 bits per heavy atom. The van der Waals surface area contributed by atoms with E-state index in [1.807, 2.05) is 0 Å². The molecule has 2 radical (unpaired) electrons. The van der Waals surface area contributed by atoms with Crippen LogP contribution in [-0.4, -0.2) is 7.85 Å². The Morgan fingerprint density at radius 2 is 1.67 bits per heavy atom. The van der Waals surface area contributed by atoms with Crippen LogP contribution < -0.4 is 0 Å². The minimum absolute atomic E-state index is 0.334. The Balaban J connectivity index is 1.90. The van der Waals surface area contributed by atoms with Crippen molar-refractivity contribution < 1.29 is 0 Å². The van der Waals surface area contributed by atoms with Crippen molar-refractivity contribution in [2.75, 3.05) is 0 Å². The van der Waals surface area contributed by atoms with Crippen molar-refractivity contribution in [2.45, 2.75) is 68.0 Å².